The molecule has 0 fully saturated rings. The Bertz CT molecular complexity index is 182. The molecular formula is C9H14O2. The van der Waals surface area contributed by atoms with E-state index in [1.54, 1.807) is 6.08 Å². The Labute approximate surface area is 67.2 Å². The molecule has 0 heterocycles. The minimum Gasteiger partial charge on any atom is -0.498 e. The highest BCUT2D eigenvalue weighted by Crippen LogP contribution is 2.22. The van der Waals surface area contributed by atoms with Crippen molar-refractivity contribution in [2.45, 2.75) is 26.7 Å². The van der Waals surface area contributed by atoms with E-state index in [0.717, 1.165) is 12.2 Å². The van der Waals surface area contributed by atoms with Crippen LogP contribution in [0.4, 0.5) is 0 Å². The van der Waals surface area contributed by atoms with Gasteiger partial charge in [0.05, 0.1) is 6.61 Å². The summed E-state index contributed by atoms with van der Waals surface area (Å²) in [5.41, 5.74) is 0. The van der Waals surface area contributed by atoms with E-state index in [1.165, 1.54) is 0 Å². The largest absolute Gasteiger partial charge is 0.498 e. The first-order valence-corrected chi connectivity index (χ1v) is 4.11. The van der Waals surface area contributed by atoms with Crippen molar-refractivity contribution >= 4 is 5.78 Å². The van der Waals surface area contributed by atoms with Crippen LogP contribution < -0.4 is 0 Å². The molecular weight excluding hydrogens is 140 g/mol. The minimum atomic E-state index is 0.201. The van der Waals surface area contributed by atoms with Crippen LogP contribution in [-0.2, 0) is 9.53 Å². The summed E-state index contributed by atoms with van der Waals surface area (Å²) in [6.07, 6.45) is 3.25. The van der Waals surface area contributed by atoms with Gasteiger partial charge in [-0.25, -0.2) is 0 Å². The number of carbonyl (C=O) groups is 1. The first kappa shape index (κ1) is 8.31. The number of carbonyl (C=O) groups excluding carboxylic acids is 1. The molecule has 2 heteroatoms. The van der Waals surface area contributed by atoms with E-state index in [4.69, 9.17) is 4.74 Å². The lowest BCUT2D eigenvalue weighted by Crippen LogP contribution is -2.13. The van der Waals surface area contributed by atoms with Crippen LogP contribution in [0.1, 0.15) is 26.7 Å². The second-order valence-corrected chi connectivity index (χ2v) is 2.89. The molecule has 0 saturated heterocycles. The van der Waals surface area contributed by atoms with Gasteiger partial charge in [-0.05, 0) is 13.3 Å². The van der Waals surface area contributed by atoms with Gasteiger partial charge in [-0.15, -0.1) is 0 Å². The molecule has 0 amide bonds. The molecule has 0 bridgehead atoms. The highest BCUT2D eigenvalue weighted by atomic mass is 16.5. The molecule has 1 atom stereocenters. The van der Waals surface area contributed by atoms with E-state index < -0.39 is 0 Å². The Morgan fingerprint density at radius 2 is 2.45 bits per heavy atom. The molecule has 0 radical (unpaired) electrons. The predicted molar refractivity (Wildman–Crippen MR) is 43.1 cm³/mol. The molecule has 0 aromatic heterocycles. The van der Waals surface area contributed by atoms with Gasteiger partial charge in [-0.3, -0.25) is 4.79 Å². The molecule has 1 aliphatic rings. The molecule has 1 rings (SSSR count). The van der Waals surface area contributed by atoms with Crippen molar-refractivity contribution in [1.29, 1.82) is 0 Å². The average molecular weight is 154 g/mol. The van der Waals surface area contributed by atoms with Gasteiger partial charge in [-0.1, -0.05) is 6.92 Å². The Morgan fingerprint density at radius 1 is 1.73 bits per heavy atom. The normalized spacial score (nSPS) is 24.7. The van der Waals surface area contributed by atoms with Crippen LogP contribution in [0.2, 0.25) is 0 Å². The van der Waals surface area contributed by atoms with Gasteiger partial charge in [0, 0.05) is 18.4 Å². The van der Waals surface area contributed by atoms with Gasteiger partial charge in [-0.2, -0.15) is 0 Å². The minimum absolute atomic E-state index is 0.201. The summed E-state index contributed by atoms with van der Waals surface area (Å²) >= 11 is 0. The Balaban J connectivity index is 2.63. The van der Waals surface area contributed by atoms with Crippen molar-refractivity contribution in [1.82, 2.24) is 0 Å². The fourth-order valence-corrected chi connectivity index (χ4v) is 1.22. The lowest BCUT2D eigenvalue weighted by molar-refractivity contribution is -0.115. The van der Waals surface area contributed by atoms with Crippen LogP contribution in [-0.4, -0.2) is 12.4 Å². The summed E-state index contributed by atoms with van der Waals surface area (Å²) in [5.74, 6) is 1.49. The number of ketones is 1. The standard InChI is InChI=1S/C9H14O2/c1-3-11-9-6-8(10)5-4-7(9)2/h6-7H,3-5H2,1-2H3. The topological polar surface area (TPSA) is 26.3 Å². The van der Waals surface area contributed by atoms with Crippen molar-refractivity contribution in [2.75, 3.05) is 6.61 Å². The van der Waals surface area contributed by atoms with E-state index in [0.29, 0.717) is 18.9 Å². The van der Waals surface area contributed by atoms with Crippen molar-refractivity contribution in [3.05, 3.63) is 11.8 Å². The van der Waals surface area contributed by atoms with Crippen molar-refractivity contribution in [2.24, 2.45) is 5.92 Å². The monoisotopic (exact) mass is 154 g/mol. The van der Waals surface area contributed by atoms with Crippen LogP contribution in [0.15, 0.2) is 11.8 Å². The van der Waals surface area contributed by atoms with Gasteiger partial charge in [0.2, 0.25) is 0 Å². The summed E-state index contributed by atoms with van der Waals surface area (Å²) in [4.78, 5) is 10.9. The van der Waals surface area contributed by atoms with Gasteiger partial charge in [0.15, 0.2) is 5.78 Å². The zero-order valence-corrected chi connectivity index (χ0v) is 7.09. The van der Waals surface area contributed by atoms with Crippen LogP contribution >= 0.6 is 0 Å². The molecule has 0 aromatic carbocycles. The Kier molecular flexibility index (Phi) is 2.69. The van der Waals surface area contributed by atoms with Gasteiger partial charge < -0.3 is 4.74 Å². The third-order valence-corrected chi connectivity index (χ3v) is 1.92. The van der Waals surface area contributed by atoms with E-state index in [1.807, 2.05) is 6.92 Å². The molecule has 0 aromatic rings. The fraction of sp³-hybridized carbons (Fsp3) is 0.667. The van der Waals surface area contributed by atoms with Crippen LogP contribution in [0.25, 0.3) is 0 Å². The van der Waals surface area contributed by atoms with E-state index in [-0.39, 0.29) is 5.78 Å². The SMILES string of the molecule is CCOC1=CC(=O)CCC1C. The quantitative estimate of drug-likeness (QED) is 0.607. The number of hydrogen-bond donors (Lipinski definition) is 0. The highest BCUT2D eigenvalue weighted by Gasteiger charge is 2.17. The summed E-state index contributed by atoms with van der Waals surface area (Å²) < 4.78 is 5.31. The lowest BCUT2D eigenvalue weighted by atomic mass is 9.95. The van der Waals surface area contributed by atoms with E-state index >= 15 is 0 Å². The third-order valence-electron chi connectivity index (χ3n) is 1.92. The molecule has 0 N–H and O–H groups in total. The Morgan fingerprint density at radius 3 is 3.09 bits per heavy atom. The van der Waals surface area contributed by atoms with Gasteiger partial charge in [0.25, 0.3) is 0 Å². The van der Waals surface area contributed by atoms with Crippen LogP contribution in [0.3, 0.4) is 0 Å². The van der Waals surface area contributed by atoms with Crippen molar-refractivity contribution in [3.8, 4) is 0 Å². The van der Waals surface area contributed by atoms with Crippen molar-refractivity contribution in [3.63, 3.8) is 0 Å². The number of hydrogen-bond acceptors (Lipinski definition) is 2. The van der Waals surface area contributed by atoms with E-state index in [2.05, 4.69) is 6.92 Å². The molecule has 0 aliphatic heterocycles. The Hall–Kier alpha value is -0.790. The average Bonchev–Trinajstić information content (AvgIpc) is 1.98. The zero-order valence-electron chi connectivity index (χ0n) is 7.09. The molecule has 1 aliphatic carbocycles. The van der Waals surface area contributed by atoms with Crippen molar-refractivity contribution < 1.29 is 9.53 Å². The van der Waals surface area contributed by atoms with Crippen LogP contribution in [0, 0.1) is 5.92 Å². The molecule has 0 spiro atoms. The summed E-state index contributed by atoms with van der Waals surface area (Å²) in [6.45, 7) is 4.68. The molecule has 11 heavy (non-hydrogen) atoms. The first-order chi connectivity index (χ1) is 5.24. The second kappa shape index (κ2) is 3.56. The highest BCUT2D eigenvalue weighted by molar-refractivity contribution is 5.90. The maximum Gasteiger partial charge on any atom is 0.159 e. The maximum absolute atomic E-state index is 10.9. The van der Waals surface area contributed by atoms with Crippen LogP contribution in [0.5, 0.6) is 0 Å². The zero-order chi connectivity index (χ0) is 8.27. The summed E-state index contributed by atoms with van der Waals surface area (Å²) in [5, 5.41) is 0. The molecule has 0 saturated carbocycles. The summed E-state index contributed by atoms with van der Waals surface area (Å²) in [7, 11) is 0. The molecule has 2 nitrogen and oxygen atoms in total. The summed E-state index contributed by atoms with van der Waals surface area (Å²) in [6, 6.07) is 0. The number of ether oxygens (including phenoxy) is 1. The second-order valence-electron chi connectivity index (χ2n) is 2.89. The van der Waals surface area contributed by atoms with Gasteiger partial charge >= 0.3 is 0 Å². The smallest absolute Gasteiger partial charge is 0.159 e. The first-order valence-electron chi connectivity index (χ1n) is 4.11. The maximum atomic E-state index is 10.9. The molecule has 1 unspecified atom stereocenters. The number of allylic oxidation sites excluding steroid dienone is 2. The lowest BCUT2D eigenvalue weighted by Gasteiger charge is -2.19. The third kappa shape index (κ3) is 2.07. The fourth-order valence-electron chi connectivity index (χ4n) is 1.22. The van der Waals surface area contributed by atoms with E-state index in [9.17, 15) is 4.79 Å². The predicted octanol–water partition coefficient (Wildman–Crippen LogP) is 1.91. The number of rotatable bonds is 2. The molecule has 62 valence electrons. The van der Waals surface area contributed by atoms with Gasteiger partial charge in [0.1, 0.15) is 5.76 Å².